The van der Waals surface area contributed by atoms with Gasteiger partial charge in [0.1, 0.15) is 0 Å². The summed E-state index contributed by atoms with van der Waals surface area (Å²) < 4.78 is 24.7. The first kappa shape index (κ1) is 18.5. The summed E-state index contributed by atoms with van der Waals surface area (Å²) in [6, 6.07) is 10.8. The second kappa shape index (κ2) is 7.36. The van der Waals surface area contributed by atoms with Crippen molar-refractivity contribution in [3.05, 3.63) is 52.0 Å². The molecule has 0 unspecified atom stereocenters. The van der Waals surface area contributed by atoms with Crippen LogP contribution < -0.4 is 10.6 Å². The van der Waals surface area contributed by atoms with Crippen LogP contribution in [0.1, 0.15) is 11.1 Å². The Morgan fingerprint density at radius 1 is 1.08 bits per heavy atom. The Hall–Kier alpha value is -1.86. The third-order valence-electron chi connectivity index (χ3n) is 3.56. The van der Waals surface area contributed by atoms with Crippen LogP contribution in [-0.4, -0.2) is 27.1 Å². The van der Waals surface area contributed by atoms with Gasteiger partial charge in [0, 0.05) is 16.4 Å². The van der Waals surface area contributed by atoms with Crippen LogP contribution in [0.3, 0.4) is 0 Å². The molecule has 0 atom stereocenters. The molecular weight excluding hydrogens is 392 g/mol. The Morgan fingerprint density at radius 3 is 2.38 bits per heavy atom. The van der Waals surface area contributed by atoms with Crippen LogP contribution in [-0.2, 0) is 14.6 Å². The molecule has 0 fully saturated rings. The molecule has 5 nitrogen and oxygen atoms in total. The van der Waals surface area contributed by atoms with Crippen LogP contribution in [0.2, 0.25) is 0 Å². The summed E-state index contributed by atoms with van der Waals surface area (Å²) in [5.74, 6) is -0.220. The molecule has 2 N–H and O–H groups in total. The van der Waals surface area contributed by atoms with Gasteiger partial charge in [-0.25, -0.2) is 8.42 Å². The van der Waals surface area contributed by atoms with Gasteiger partial charge >= 0.3 is 0 Å². The van der Waals surface area contributed by atoms with E-state index in [9.17, 15) is 13.2 Å². The van der Waals surface area contributed by atoms with Gasteiger partial charge in [0.2, 0.25) is 5.91 Å². The third kappa shape index (κ3) is 4.36. The number of carbonyl (C=O) groups is 1. The van der Waals surface area contributed by atoms with Crippen molar-refractivity contribution < 1.29 is 13.2 Å². The molecule has 0 aliphatic rings. The molecule has 0 aromatic heterocycles. The zero-order valence-electron chi connectivity index (χ0n) is 13.7. The summed E-state index contributed by atoms with van der Waals surface area (Å²) in [6.45, 7) is 3.53. The number of sulfone groups is 1. The van der Waals surface area contributed by atoms with Crippen molar-refractivity contribution in [2.24, 2.45) is 0 Å². The normalized spacial score (nSPS) is 11.2. The maximum Gasteiger partial charge on any atom is 0.243 e. The molecule has 2 aromatic rings. The molecule has 0 aliphatic carbocycles. The number of benzene rings is 2. The monoisotopic (exact) mass is 410 g/mol. The Kier molecular flexibility index (Phi) is 5.66. The summed E-state index contributed by atoms with van der Waals surface area (Å²) in [5, 5.41) is 5.79. The Labute approximate surface area is 150 Å². The predicted molar refractivity (Wildman–Crippen MR) is 100 cm³/mol. The van der Waals surface area contributed by atoms with Crippen LogP contribution in [0.4, 0.5) is 11.4 Å². The molecular formula is C17H19BrN2O3S. The Morgan fingerprint density at radius 2 is 1.75 bits per heavy atom. The summed E-state index contributed by atoms with van der Waals surface area (Å²) >= 11 is 3.37. The van der Waals surface area contributed by atoms with E-state index < -0.39 is 9.84 Å². The van der Waals surface area contributed by atoms with Crippen LogP contribution in [0.5, 0.6) is 0 Å². The fourth-order valence-corrected chi connectivity index (χ4v) is 4.22. The van der Waals surface area contributed by atoms with Gasteiger partial charge in [0.15, 0.2) is 9.84 Å². The molecule has 2 aromatic carbocycles. The molecule has 24 heavy (non-hydrogen) atoms. The Bertz CT molecular complexity index is 879. The molecule has 0 radical (unpaired) electrons. The van der Waals surface area contributed by atoms with E-state index in [2.05, 4.69) is 26.6 Å². The molecule has 0 saturated heterocycles. The van der Waals surface area contributed by atoms with Crippen molar-refractivity contribution in [3.8, 4) is 0 Å². The highest BCUT2D eigenvalue weighted by atomic mass is 79.9. The molecule has 7 heteroatoms. The minimum Gasteiger partial charge on any atom is -0.376 e. The van der Waals surface area contributed by atoms with Gasteiger partial charge < -0.3 is 10.6 Å². The number of anilines is 2. The molecule has 0 spiro atoms. The number of aryl methyl sites for hydroxylation is 1. The number of carbonyl (C=O) groups excluding carboxylic acids is 1. The van der Waals surface area contributed by atoms with Gasteiger partial charge in [0.05, 0.1) is 17.1 Å². The second-order valence-electron chi connectivity index (χ2n) is 5.54. The fraction of sp³-hybridized carbons (Fsp3) is 0.235. The molecule has 0 heterocycles. The molecule has 2 rings (SSSR count). The van der Waals surface area contributed by atoms with Gasteiger partial charge in [0.25, 0.3) is 0 Å². The second-order valence-corrected chi connectivity index (χ2v) is 8.34. The minimum atomic E-state index is -3.33. The zero-order chi connectivity index (χ0) is 17.9. The summed E-state index contributed by atoms with van der Waals surface area (Å²) in [5.41, 5.74) is 2.62. The Balaban J connectivity index is 2.13. The fourth-order valence-electron chi connectivity index (χ4n) is 2.52. The van der Waals surface area contributed by atoms with Crippen molar-refractivity contribution in [2.45, 2.75) is 18.7 Å². The quantitative estimate of drug-likeness (QED) is 0.790. The smallest absolute Gasteiger partial charge is 0.243 e. The van der Waals surface area contributed by atoms with Crippen LogP contribution in [0.25, 0.3) is 0 Å². The van der Waals surface area contributed by atoms with Crippen molar-refractivity contribution in [1.29, 1.82) is 0 Å². The number of rotatable bonds is 5. The van der Waals surface area contributed by atoms with Crippen molar-refractivity contribution in [1.82, 2.24) is 0 Å². The summed E-state index contributed by atoms with van der Waals surface area (Å²) in [7, 11) is -3.33. The topological polar surface area (TPSA) is 75.3 Å². The first-order chi connectivity index (χ1) is 11.2. The largest absolute Gasteiger partial charge is 0.376 e. The van der Waals surface area contributed by atoms with E-state index in [0.29, 0.717) is 27.4 Å². The lowest BCUT2D eigenvalue weighted by molar-refractivity contribution is -0.114. The van der Waals surface area contributed by atoms with E-state index >= 15 is 0 Å². The van der Waals surface area contributed by atoms with E-state index in [1.807, 2.05) is 18.2 Å². The van der Waals surface area contributed by atoms with E-state index in [1.165, 1.54) is 6.26 Å². The zero-order valence-corrected chi connectivity index (χ0v) is 16.1. The molecule has 0 aliphatic heterocycles. The lowest BCUT2D eigenvalue weighted by Gasteiger charge is -2.15. The number of nitrogens with one attached hydrogen (secondary N) is 2. The van der Waals surface area contributed by atoms with Gasteiger partial charge in [-0.1, -0.05) is 18.2 Å². The van der Waals surface area contributed by atoms with E-state index in [-0.39, 0.29) is 12.5 Å². The SMILES string of the molecule is Cc1ccc(NCC(=O)Nc2ccccc2Br)c(C)c1S(C)(=O)=O. The number of hydrogen-bond acceptors (Lipinski definition) is 4. The van der Waals surface area contributed by atoms with Crippen molar-refractivity contribution in [3.63, 3.8) is 0 Å². The first-order valence-electron chi connectivity index (χ1n) is 7.28. The molecule has 0 bridgehead atoms. The van der Waals surface area contributed by atoms with E-state index in [1.54, 1.807) is 32.0 Å². The maximum atomic E-state index is 12.1. The number of hydrogen-bond donors (Lipinski definition) is 2. The third-order valence-corrected chi connectivity index (χ3v) is 5.62. The highest BCUT2D eigenvalue weighted by Gasteiger charge is 2.17. The van der Waals surface area contributed by atoms with Gasteiger partial charge in [-0.05, 0) is 59.1 Å². The van der Waals surface area contributed by atoms with Crippen LogP contribution >= 0.6 is 15.9 Å². The summed E-state index contributed by atoms with van der Waals surface area (Å²) in [6.07, 6.45) is 1.19. The van der Waals surface area contributed by atoms with Crippen LogP contribution in [0.15, 0.2) is 45.8 Å². The molecule has 128 valence electrons. The van der Waals surface area contributed by atoms with Crippen molar-refractivity contribution in [2.75, 3.05) is 23.4 Å². The standard InChI is InChI=1S/C17H19BrN2O3S/c1-11-8-9-14(12(2)17(11)24(3,22)23)19-10-16(21)20-15-7-5-4-6-13(15)18/h4-9,19H,10H2,1-3H3,(H,20,21). The predicted octanol–water partition coefficient (Wildman–Crippen LogP) is 3.52. The number of amides is 1. The van der Waals surface area contributed by atoms with E-state index in [0.717, 1.165) is 4.47 Å². The van der Waals surface area contributed by atoms with Gasteiger partial charge in [-0.15, -0.1) is 0 Å². The first-order valence-corrected chi connectivity index (χ1v) is 9.97. The van der Waals surface area contributed by atoms with Crippen molar-refractivity contribution >= 4 is 43.0 Å². The average Bonchev–Trinajstić information content (AvgIpc) is 2.47. The number of halogens is 1. The average molecular weight is 411 g/mol. The van der Waals surface area contributed by atoms with E-state index in [4.69, 9.17) is 0 Å². The highest BCUT2D eigenvalue weighted by molar-refractivity contribution is 9.10. The van der Waals surface area contributed by atoms with Gasteiger partial charge in [-0.3, -0.25) is 4.79 Å². The van der Waals surface area contributed by atoms with Gasteiger partial charge in [-0.2, -0.15) is 0 Å². The number of para-hydroxylation sites is 1. The maximum absolute atomic E-state index is 12.1. The minimum absolute atomic E-state index is 0.0361. The lowest BCUT2D eigenvalue weighted by atomic mass is 10.1. The van der Waals surface area contributed by atoms with Crippen LogP contribution in [0, 0.1) is 13.8 Å². The molecule has 0 saturated carbocycles. The highest BCUT2D eigenvalue weighted by Crippen LogP contribution is 2.26. The molecule has 1 amide bonds. The lowest BCUT2D eigenvalue weighted by Crippen LogP contribution is -2.22. The summed E-state index contributed by atoms with van der Waals surface area (Å²) in [4.78, 5) is 12.4.